The van der Waals surface area contributed by atoms with Crippen LogP contribution >= 0.6 is 0 Å². The van der Waals surface area contributed by atoms with Crippen molar-refractivity contribution in [1.82, 2.24) is 10.2 Å². The molecular formula is C23H18N2O3. The first-order valence-electron chi connectivity index (χ1n) is 8.99. The Morgan fingerprint density at radius 3 is 1.61 bits per heavy atom. The minimum atomic E-state index is -0.438. The van der Waals surface area contributed by atoms with Crippen LogP contribution in [-0.2, 0) is 4.79 Å². The molecule has 28 heavy (non-hydrogen) atoms. The fraction of sp³-hybridized carbons (Fsp3) is 0.0870. The van der Waals surface area contributed by atoms with Crippen molar-refractivity contribution in [3.63, 3.8) is 0 Å². The van der Waals surface area contributed by atoms with E-state index in [0.717, 1.165) is 16.0 Å². The van der Waals surface area contributed by atoms with E-state index in [2.05, 4.69) is 5.32 Å². The first-order chi connectivity index (χ1) is 13.6. The molecule has 0 saturated heterocycles. The molecule has 1 aliphatic heterocycles. The maximum absolute atomic E-state index is 12.7. The fourth-order valence-electron chi connectivity index (χ4n) is 3.38. The third-order valence-electron chi connectivity index (χ3n) is 4.75. The molecule has 0 spiro atoms. The maximum Gasteiger partial charge on any atom is 0.262 e. The summed E-state index contributed by atoms with van der Waals surface area (Å²) in [5, 5.41) is 2.96. The SMILES string of the molecule is O=C(CN1C(=O)c2ccccc2C1=O)NC(c1ccccc1)c1ccccc1. The largest absolute Gasteiger partial charge is 0.344 e. The molecule has 5 heteroatoms. The van der Waals surface area contributed by atoms with Crippen molar-refractivity contribution in [3.8, 4) is 0 Å². The van der Waals surface area contributed by atoms with Crippen LogP contribution in [0.5, 0.6) is 0 Å². The lowest BCUT2D eigenvalue weighted by Gasteiger charge is -2.21. The third kappa shape index (κ3) is 3.30. The third-order valence-corrected chi connectivity index (χ3v) is 4.75. The van der Waals surface area contributed by atoms with Crippen LogP contribution in [0.4, 0.5) is 0 Å². The molecule has 0 bridgehead atoms. The van der Waals surface area contributed by atoms with Crippen LogP contribution in [0.3, 0.4) is 0 Å². The summed E-state index contributed by atoms with van der Waals surface area (Å²) in [5.41, 5.74) is 2.51. The predicted molar refractivity (Wildman–Crippen MR) is 105 cm³/mol. The molecule has 0 aromatic heterocycles. The Morgan fingerprint density at radius 1 is 0.714 bits per heavy atom. The summed E-state index contributed by atoms with van der Waals surface area (Å²) in [7, 11) is 0. The van der Waals surface area contributed by atoms with Gasteiger partial charge in [-0.15, -0.1) is 0 Å². The molecular weight excluding hydrogens is 352 g/mol. The number of benzene rings is 3. The van der Waals surface area contributed by atoms with Crippen LogP contribution < -0.4 is 5.32 Å². The highest BCUT2D eigenvalue weighted by Crippen LogP contribution is 2.24. The highest BCUT2D eigenvalue weighted by atomic mass is 16.2. The van der Waals surface area contributed by atoms with Gasteiger partial charge in [0.25, 0.3) is 11.8 Å². The molecule has 0 radical (unpaired) electrons. The molecule has 1 N–H and O–H groups in total. The normalized spacial score (nSPS) is 13.0. The minimum absolute atomic E-state index is 0.317. The lowest BCUT2D eigenvalue weighted by atomic mass is 9.99. The molecule has 3 amide bonds. The quantitative estimate of drug-likeness (QED) is 0.702. The van der Waals surface area contributed by atoms with Crippen LogP contribution in [0.15, 0.2) is 84.9 Å². The Morgan fingerprint density at radius 2 is 1.14 bits per heavy atom. The van der Waals surface area contributed by atoms with E-state index < -0.39 is 17.7 Å². The summed E-state index contributed by atoms with van der Waals surface area (Å²) in [6, 6.07) is 25.4. The van der Waals surface area contributed by atoms with Gasteiger partial charge in [0, 0.05) is 0 Å². The van der Waals surface area contributed by atoms with Gasteiger partial charge >= 0.3 is 0 Å². The van der Waals surface area contributed by atoms with Crippen LogP contribution in [0, 0.1) is 0 Å². The molecule has 1 aliphatic rings. The molecule has 0 unspecified atom stereocenters. The number of carbonyl (C=O) groups excluding carboxylic acids is 3. The monoisotopic (exact) mass is 370 g/mol. The van der Waals surface area contributed by atoms with E-state index >= 15 is 0 Å². The molecule has 1 heterocycles. The van der Waals surface area contributed by atoms with E-state index in [1.54, 1.807) is 24.3 Å². The van der Waals surface area contributed by atoms with Gasteiger partial charge in [0.1, 0.15) is 6.54 Å². The van der Waals surface area contributed by atoms with Gasteiger partial charge in [-0.05, 0) is 23.3 Å². The second kappa shape index (κ2) is 7.48. The molecule has 138 valence electrons. The van der Waals surface area contributed by atoms with Gasteiger partial charge in [0.2, 0.25) is 5.91 Å². The Labute approximate surface area is 162 Å². The Hall–Kier alpha value is -3.73. The van der Waals surface area contributed by atoms with Gasteiger partial charge < -0.3 is 5.32 Å². The zero-order valence-corrected chi connectivity index (χ0v) is 15.0. The summed E-state index contributed by atoms with van der Waals surface area (Å²) >= 11 is 0. The number of amides is 3. The zero-order valence-electron chi connectivity index (χ0n) is 15.0. The zero-order chi connectivity index (χ0) is 19.5. The molecule has 0 fully saturated rings. The van der Waals surface area contributed by atoms with Crippen molar-refractivity contribution in [2.45, 2.75) is 6.04 Å². The van der Waals surface area contributed by atoms with Crippen LogP contribution in [0.25, 0.3) is 0 Å². The number of nitrogens with one attached hydrogen (secondary N) is 1. The van der Waals surface area contributed by atoms with Crippen molar-refractivity contribution in [3.05, 3.63) is 107 Å². The number of carbonyl (C=O) groups is 3. The van der Waals surface area contributed by atoms with Crippen molar-refractivity contribution in [2.75, 3.05) is 6.54 Å². The average Bonchev–Trinajstić information content (AvgIpc) is 2.98. The van der Waals surface area contributed by atoms with E-state index in [1.807, 2.05) is 60.7 Å². The lowest BCUT2D eigenvalue weighted by Crippen LogP contribution is -2.41. The molecule has 0 atom stereocenters. The molecule has 4 rings (SSSR count). The van der Waals surface area contributed by atoms with Gasteiger partial charge in [0.05, 0.1) is 17.2 Å². The highest BCUT2D eigenvalue weighted by Gasteiger charge is 2.36. The predicted octanol–water partition coefficient (Wildman–Crippen LogP) is 3.19. The van der Waals surface area contributed by atoms with E-state index in [-0.39, 0.29) is 12.6 Å². The Kier molecular flexibility index (Phi) is 4.72. The van der Waals surface area contributed by atoms with Gasteiger partial charge in [-0.1, -0.05) is 72.8 Å². The van der Waals surface area contributed by atoms with Crippen molar-refractivity contribution in [2.24, 2.45) is 0 Å². The molecule has 3 aromatic rings. The number of hydrogen-bond donors (Lipinski definition) is 1. The maximum atomic E-state index is 12.7. The second-order valence-electron chi connectivity index (χ2n) is 6.56. The van der Waals surface area contributed by atoms with E-state index in [4.69, 9.17) is 0 Å². The fourth-order valence-corrected chi connectivity index (χ4v) is 3.38. The highest BCUT2D eigenvalue weighted by molar-refractivity contribution is 6.22. The van der Waals surface area contributed by atoms with E-state index in [0.29, 0.717) is 11.1 Å². The first kappa shape index (κ1) is 17.7. The van der Waals surface area contributed by atoms with Crippen molar-refractivity contribution >= 4 is 17.7 Å². The molecule has 3 aromatic carbocycles. The number of imide groups is 1. The Bertz CT molecular complexity index is 957. The summed E-state index contributed by atoms with van der Waals surface area (Å²) in [4.78, 5) is 38.7. The molecule has 5 nitrogen and oxygen atoms in total. The molecule has 0 saturated carbocycles. The van der Waals surface area contributed by atoms with Gasteiger partial charge in [-0.25, -0.2) is 0 Å². The smallest absolute Gasteiger partial charge is 0.262 e. The lowest BCUT2D eigenvalue weighted by molar-refractivity contribution is -0.121. The first-order valence-corrected chi connectivity index (χ1v) is 8.99. The summed E-state index contributed by atoms with van der Waals surface area (Å²) in [6.07, 6.45) is 0. The van der Waals surface area contributed by atoms with Gasteiger partial charge in [0.15, 0.2) is 0 Å². The van der Waals surface area contributed by atoms with Crippen LogP contribution in [0.1, 0.15) is 37.9 Å². The van der Waals surface area contributed by atoms with Gasteiger partial charge in [-0.3, -0.25) is 19.3 Å². The summed E-state index contributed by atoms with van der Waals surface area (Å²) in [6.45, 7) is -0.317. The summed E-state index contributed by atoms with van der Waals surface area (Å²) in [5.74, 6) is -1.27. The molecule has 0 aliphatic carbocycles. The second-order valence-corrected chi connectivity index (χ2v) is 6.56. The number of hydrogen-bond acceptors (Lipinski definition) is 3. The van der Waals surface area contributed by atoms with Gasteiger partial charge in [-0.2, -0.15) is 0 Å². The standard InChI is InChI=1S/C23H18N2O3/c26-20(15-25-22(27)18-13-7-8-14-19(18)23(25)28)24-21(16-9-3-1-4-10-16)17-11-5-2-6-12-17/h1-14,21H,15H2,(H,24,26). The van der Waals surface area contributed by atoms with Crippen molar-refractivity contribution < 1.29 is 14.4 Å². The van der Waals surface area contributed by atoms with E-state index in [1.165, 1.54) is 0 Å². The summed E-state index contributed by atoms with van der Waals surface area (Å²) < 4.78 is 0. The van der Waals surface area contributed by atoms with Crippen LogP contribution in [0.2, 0.25) is 0 Å². The minimum Gasteiger partial charge on any atom is -0.344 e. The number of nitrogens with zero attached hydrogens (tertiary/aromatic N) is 1. The topological polar surface area (TPSA) is 66.5 Å². The number of rotatable bonds is 5. The Balaban J connectivity index is 1.55. The number of fused-ring (bicyclic) bond motifs is 1. The van der Waals surface area contributed by atoms with E-state index in [9.17, 15) is 14.4 Å². The van der Waals surface area contributed by atoms with Crippen molar-refractivity contribution in [1.29, 1.82) is 0 Å². The van der Waals surface area contributed by atoms with Crippen LogP contribution in [-0.4, -0.2) is 29.2 Å². The average molecular weight is 370 g/mol.